The summed E-state index contributed by atoms with van der Waals surface area (Å²) >= 11 is 6.20. The third-order valence-electron chi connectivity index (χ3n) is 3.04. The zero-order chi connectivity index (χ0) is 13.8. The summed E-state index contributed by atoms with van der Waals surface area (Å²) in [7, 11) is 1.64. The highest BCUT2D eigenvalue weighted by Gasteiger charge is 2.18. The van der Waals surface area contributed by atoms with Crippen molar-refractivity contribution in [3.05, 3.63) is 46.7 Å². The van der Waals surface area contributed by atoms with Crippen LogP contribution in [0, 0.1) is 0 Å². The molecule has 5 heteroatoms. The van der Waals surface area contributed by atoms with Crippen molar-refractivity contribution in [3.8, 4) is 5.75 Å². The second kappa shape index (κ2) is 6.08. The van der Waals surface area contributed by atoms with Gasteiger partial charge in [-0.1, -0.05) is 30.7 Å². The first-order chi connectivity index (χ1) is 9.17. The van der Waals surface area contributed by atoms with E-state index in [-0.39, 0.29) is 6.04 Å². The lowest BCUT2D eigenvalue weighted by molar-refractivity contribution is 0.414. The van der Waals surface area contributed by atoms with Crippen molar-refractivity contribution in [2.75, 3.05) is 7.11 Å². The second-order valence-corrected chi connectivity index (χ2v) is 4.76. The minimum Gasteiger partial charge on any atom is -0.497 e. The molecular formula is C14H18ClN3O. The van der Waals surface area contributed by atoms with Crippen molar-refractivity contribution >= 4 is 11.6 Å². The molecule has 1 aromatic carbocycles. The SMILES string of the molecule is CCCn1ncc(Cl)c1C(N)c1ccc(OC)cc1. The van der Waals surface area contributed by atoms with Crippen LogP contribution in [0.4, 0.5) is 0 Å². The molecule has 0 saturated carbocycles. The number of halogens is 1. The van der Waals surface area contributed by atoms with Crippen LogP contribution < -0.4 is 10.5 Å². The maximum atomic E-state index is 6.30. The van der Waals surface area contributed by atoms with E-state index in [9.17, 15) is 0 Å². The lowest BCUT2D eigenvalue weighted by atomic mass is 10.0. The van der Waals surface area contributed by atoms with Gasteiger partial charge in [0.05, 0.1) is 30.1 Å². The molecule has 0 spiro atoms. The van der Waals surface area contributed by atoms with E-state index in [2.05, 4.69) is 12.0 Å². The van der Waals surface area contributed by atoms with E-state index in [1.807, 2.05) is 28.9 Å². The van der Waals surface area contributed by atoms with Crippen LogP contribution in [0.5, 0.6) is 5.75 Å². The van der Waals surface area contributed by atoms with Crippen LogP contribution in [0.25, 0.3) is 0 Å². The Morgan fingerprint density at radius 2 is 2.05 bits per heavy atom. The summed E-state index contributed by atoms with van der Waals surface area (Å²) in [4.78, 5) is 0. The topological polar surface area (TPSA) is 53.1 Å². The number of ether oxygens (including phenoxy) is 1. The quantitative estimate of drug-likeness (QED) is 0.915. The number of nitrogens with two attached hydrogens (primary N) is 1. The first kappa shape index (κ1) is 13.9. The Morgan fingerprint density at radius 1 is 1.37 bits per heavy atom. The Balaban J connectivity index is 2.31. The molecule has 4 nitrogen and oxygen atoms in total. The van der Waals surface area contributed by atoms with Gasteiger partial charge in [0.15, 0.2) is 0 Å². The summed E-state index contributed by atoms with van der Waals surface area (Å²) in [5, 5.41) is 4.87. The van der Waals surface area contributed by atoms with Crippen LogP contribution in [0.15, 0.2) is 30.5 Å². The number of methoxy groups -OCH3 is 1. The van der Waals surface area contributed by atoms with Crippen LogP contribution in [0.1, 0.15) is 30.6 Å². The number of hydrogen-bond acceptors (Lipinski definition) is 3. The highest BCUT2D eigenvalue weighted by molar-refractivity contribution is 6.31. The maximum absolute atomic E-state index is 6.30. The van der Waals surface area contributed by atoms with Crippen molar-refractivity contribution in [2.24, 2.45) is 5.73 Å². The number of aromatic nitrogens is 2. The lowest BCUT2D eigenvalue weighted by Crippen LogP contribution is -2.18. The van der Waals surface area contributed by atoms with E-state index >= 15 is 0 Å². The van der Waals surface area contributed by atoms with Crippen LogP contribution >= 0.6 is 11.6 Å². The standard InChI is InChI=1S/C14H18ClN3O/c1-3-8-18-14(12(15)9-17-18)13(16)10-4-6-11(19-2)7-5-10/h4-7,9,13H,3,8,16H2,1-2H3. The second-order valence-electron chi connectivity index (χ2n) is 4.35. The number of benzene rings is 1. The maximum Gasteiger partial charge on any atom is 0.118 e. The van der Waals surface area contributed by atoms with E-state index in [1.54, 1.807) is 13.3 Å². The fraction of sp³-hybridized carbons (Fsp3) is 0.357. The van der Waals surface area contributed by atoms with E-state index in [0.29, 0.717) is 5.02 Å². The van der Waals surface area contributed by atoms with Crippen LogP contribution in [-0.2, 0) is 6.54 Å². The molecule has 1 aromatic heterocycles. The fourth-order valence-corrected chi connectivity index (χ4v) is 2.30. The Labute approximate surface area is 118 Å². The normalized spacial score (nSPS) is 12.4. The number of hydrogen-bond donors (Lipinski definition) is 1. The average Bonchev–Trinajstić information content (AvgIpc) is 2.80. The average molecular weight is 280 g/mol. The Bertz CT molecular complexity index is 536. The van der Waals surface area contributed by atoms with Crippen molar-refractivity contribution in [2.45, 2.75) is 25.9 Å². The van der Waals surface area contributed by atoms with Crippen molar-refractivity contribution in [1.82, 2.24) is 9.78 Å². The highest BCUT2D eigenvalue weighted by atomic mass is 35.5. The Morgan fingerprint density at radius 3 is 2.63 bits per heavy atom. The van der Waals surface area contributed by atoms with Crippen molar-refractivity contribution in [3.63, 3.8) is 0 Å². The minimum absolute atomic E-state index is 0.285. The van der Waals surface area contributed by atoms with E-state index in [1.165, 1.54) is 0 Å². The molecule has 1 heterocycles. The van der Waals surface area contributed by atoms with Gasteiger partial charge in [0.2, 0.25) is 0 Å². The monoisotopic (exact) mass is 279 g/mol. The lowest BCUT2D eigenvalue weighted by Gasteiger charge is -2.15. The molecule has 0 aliphatic carbocycles. The molecule has 2 aromatic rings. The van der Waals surface area contributed by atoms with E-state index in [0.717, 1.165) is 30.0 Å². The summed E-state index contributed by atoms with van der Waals surface area (Å²) in [5.74, 6) is 0.809. The number of nitrogens with zero attached hydrogens (tertiary/aromatic N) is 2. The van der Waals surface area contributed by atoms with Gasteiger partial charge in [0, 0.05) is 6.54 Å². The summed E-state index contributed by atoms with van der Waals surface area (Å²) in [6, 6.07) is 7.40. The zero-order valence-corrected chi connectivity index (χ0v) is 11.9. The smallest absolute Gasteiger partial charge is 0.118 e. The van der Waals surface area contributed by atoms with Gasteiger partial charge in [-0.25, -0.2) is 0 Å². The molecule has 2 N–H and O–H groups in total. The number of aryl methyl sites for hydroxylation is 1. The summed E-state index contributed by atoms with van der Waals surface area (Å²) in [6.45, 7) is 2.91. The molecule has 1 unspecified atom stereocenters. The first-order valence-corrected chi connectivity index (χ1v) is 6.66. The summed E-state index contributed by atoms with van der Waals surface area (Å²) in [5.41, 5.74) is 8.14. The molecule has 0 bridgehead atoms. The van der Waals surface area contributed by atoms with Gasteiger partial charge in [-0.05, 0) is 24.1 Å². The van der Waals surface area contributed by atoms with Gasteiger partial charge in [-0.2, -0.15) is 5.10 Å². The molecule has 102 valence electrons. The van der Waals surface area contributed by atoms with Crippen molar-refractivity contribution < 1.29 is 4.74 Å². The molecule has 0 radical (unpaired) electrons. The molecule has 0 saturated heterocycles. The first-order valence-electron chi connectivity index (χ1n) is 6.28. The van der Waals surface area contributed by atoms with Crippen LogP contribution in [-0.4, -0.2) is 16.9 Å². The summed E-state index contributed by atoms with van der Waals surface area (Å²) in [6.07, 6.45) is 2.64. The third kappa shape index (κ3) is 2.91. The molecule has 0 aliphatic heterocycles. The van der Waals surface area contributed by atoms with Gasteiger partial charge in [0.25, 0.3) is 0 Å². The predicted molar refractivity (Wildman–Crippen MR) is 76.6 cm³/mol. The third-order valence-corrected chi connectivity index (χ3v) is 3.33. The van der Waals surface area contributed by atoms with E-state index < -0.39 is 0 Å². The van der Waals surface area contributed by atoms with Gasteiger partial charge in [-0.15, -0.1) is 0 Å². The molecule has 0 fully saturated rings. The summed E-state index contributed by atoms with van der Waals surface area (Å²) < 4.78 is 7.01. The van der Waals surface area contributed by atoms with Gasteiger partial charge in [0.1, 0.15) is 5.75 Å². The van der Waals surface area contributed by atoms with Crippen LogP contribution in [0.3, 0.4) is 0 Å². The molecule has 2 rings (SSSR count). The molecule has 0 amide bonds. The van der Waals surface area contributed by atoms with E-state index in [4.69, 9.17) is 22.1 Å². The van der Waals surface area contributed by atoms with Crippen molar-refractivity contribution in [1.29, 1.82) is 0 Å². The predicted octanol–water partition coefficient (Wildman–Crippen LogP) is 3.00. The fourth-order valence-electron chi connectivity index (χ4n) is 2.04. The molecule has 1 atom stereocenters. The molecular weight excluding hydrogens is 262 g/mol. The minimum atomic E-state index is -0.285. The number of rotatable bonds is 5. The van der Waals surface area contributed by atoms with Gasteiger partial charge < -0.3 is 10.5 Å². The molecule has 19 heavy (non-hydrogen) atoms. The molecule has 0 aliphatic rings. The largest absolute Gasteiger partial charge is 0.497 e. The Kier molecular flexibility index (Phi) is 4.45. The highest BCUT2D eigenvalue weighted by Crippen LogP contribution is 2.27. The Hall–Kier alpha value is -1.52. The van der Waals surface area contributed by atoms with Gasteiger partial charge in [-0.3, -0.25) is 4.68 Å². The van der Waals surface area contributed by atoms with Gasteiger partial charge >= 0.3 is 0 Å². The zero-order valence-electron chi connectivity index (χ0n) is 11.1. The van der Waals surface area contributed by atoms with Crippen LogP contribution in [0.2, 0.25) is 5.02 Å².